The van der Waals surface area contributed by atoms with E-state index in [1.165, 1.54) is 49.3 Å². The highest BCUT2D eigenvalue weighted by atomic mass is 15.0. The Labute approximate surface area is 162 Å². The molecule has 0 N–H and O–H groups in total. The highest BCUT2D eigenvalue weighted by Crippen LogP contribution is 2.39. The average molecular weight is 358 g/mol. The van der Waals surface area contributed by atoms with E-state index in [2.05, 4.69) is 90.2 Å². The summed E-state index contributed by atoms with van der Waals surface area (Å²) in [5, 5.41) is 6.30. The first-order valence-electron chi connectivity index (χ1n) is 9.58. The molecule has 2 heteroatoms. The molecule has 0 atom stereocenters. The van der Waals surface area contributed by atoms with Crippen LogP contribution in [-0.2, 0) is 0 Å². The molecule has 0 aliphatic heterocycles. The maximum atomic E-state index is 4.80. The van der Waals surface area contributed by atoms with Crippen molar-refractivity contribution in [2.45, 2.75) is 6.92 Å². The van der Waals surface area contributed by atoms with Crippen LogP contribution in [0, 0.1) is 6.92 Å². The standard InChI is InChI=1S/C26H18N2/c1-17-16-23(19-9-3-2-4-10-19)28-25(17)24-20-11-6-5-8-18(20)13-14-21(24)22-12-7-15-27-26(22)28/h2-16H,1H3. The molecule has 3 aromatic carbocycles. The van der Waals surface area contributed by atoms with Gasteiger partial charge in [-0.05, 0) is 52.4 Å². The third-order valence-corrected chi connectivity index (χ3v) is 5.72. The molecular formula is C26H18N2. The van der Waals surface area contributed by atoms with Crippen LogP contribution in [0.4, 0.5) is 0 Å². The molecular weight excluding hydrogens is 340 g/mol. The van der Waals surface area contributed by atoms with Crippen molar-refractivity contribution >= 4 is 38.1 Å². The molecule has 0 amide bonds. The van der Waals surface area contributed by atoms with Gasteiger partial charge in [0.25, 0.3) is 0 Å². The van der Waals surface area contributed by atoms with Crippen molar-refractivity contribution < 1.29 is 0 Å². The van der Waals surface area contributed by atoms with Crippen LogP contribution >= 0.6 is 0 Å². The van der Waals surface area contributed by atoms with E-state index in [-0.39, 0.29) is 0 Å². The molecule has 2 nitrogen and oxygen atoms in total. The number of pyridine rings is 2. The predicted octanol–water partition coefficient (Wildman–Crippen LogP) is 6.77. The SMILES string of the molecule is Cc1cc(-c2ccccc2)n2c3ncccc3c3ccc4ccccc4c3c12. The van der Waals surface area contributed by atoms with Crippen molar-refractivity contribution in [2.75, 3.05) is 0 Å². The lowest BCUT2D eigenvalue weighted by molar-refractivity contribution is 1.21. The van der Waals surface area contributed by atoms with Gasteiger partial charge in [0.1, 0.15) is 5.65 Å². The summed E-state index contributed by atoms with van der Waals surface area (Å²) in [5.74, 6) is 0. The van der Waals surface area contributed by atoms with Gasteiger partial charge in [0.15, 0.2) is 0 Å². The minimum absolute atomic E-state index is 1.01. The molecule has 3 heterocycles. The van der Waals surface area contributed by atoms with Crippen LogP contribution in [0.15, 0.2) is 91.1 Å². The molecule has 0 aliphatic carbocycles. The van der Waals surface area contributed by atoms with Crippen molar-refractivity contribution in [3.05, 3.63) is 96.7 Å². The predicted molar refractivity (Wildman–Crippen MR) is 118 cm³/mol. The van der Waals surface area contributed by atoms with E-state index in [1.807, 2.05) is 12.3 Å². The number of rotatable bonds is 1. The maximum Gasteiger partial charge on any atom is 0.145 e. The number of hydrogen-bond donors (Lipinski definition) is 0. The first-order chi connectivity index (χ1) is 13.8. The Balaban J connectivity index is 1.96. The van der Waals surface area contributed by atoms with Gasteiger partial charge in [-0.1, -0.05) is 66.7 Å². The number of nitrogens with zero attached hydrogens (tertiary/aromatic N) is 2. The molecule has 3 aromatic heterocycles. The Bertz CT molecular complexity index is 1510. The molecule has 0 radical (unpaired) electrons. The molecule has 6 rings (SSSR count). The van der Waals surface area contributed by atoms with E-state index in [1.54, 1.807) is 0 Å². The number of hydrogen-bond acceptors (Lipinski definition) is 1. The van der Waals surface area contributed by atoms with E-state index in [9.17, 15) is 0 Å². The van der Waals surface area contributed by atoms with Crippen LogP contribution in [0.25, 0.3) is 49.4 Å². The van der Waals surface area contributed by atoms with Gasteiger partial charge in [0, 0.05) is 17.0 Å². The molecule has 6 aromatic rings. The fourth-order valence-electron chi connectivity index (χ4n) is 4.52. The third kappa shape index (κ3) is 2.00. The van der Waals surface area contributed by atoms with Gasteiger partial charge in [-0.25, -0.2) is 4.98 Å². The minimum atomic E-state index is 1.01. The molecule has 0 spiro atoms. The number of aromatic nitrogens is 2. The van der Waals surface area contributed by atoms with Gasteiger partial charge in [-0.15, -0.1) is 0 Å². The number of benzene rings is 3. The van der Waals surface area contributed by atoms with Crippen molar-refractivity contribution in [1.82, 2.24) is 9.38 Å². The molecule has 0 saturated carbocycles. The van der Waals surface area contributed by atoms with Crippen LogP contribution in [0.2, 0.25) is 0 Å². The largest absolute Gasteiger partial charge is 0.293 e. The van der Waals surface area contributed by atoms with Gasteiger partial charge < -0.3 is 0 Å². The fourth-order valence-corrected chi connectivity index (χ4v) is 4.52. The smallest absolute Gasteiger partial charge is 0.145 e. The quantitative estimate of drug-likeness (QED) is 0.296. The molecule has 28 heavy (non-hydrogen) atoms. The molecule has 0 aliphatic rings. The van der Waals surface area contributed by atoms with E-state index >= 15 is 0 Å². The first kappa shape index (κ1) is 15.4. The summed E-state index contributed by atoms with van der Waals surface area (Å²) in [6.07, 6.45) is 1.89. The van der Waals surface area contributed by atoms with Crippen LogP contribution in [0.3, 0.4) is 0 Å². The normalized spacial score (nSPS) is 11.8. The molecule has 0 fully saturated rings. The van der Waals surface area contributed by atoms with Gasteiger partial charge in [0.05, 0.1) is 11.2 Å². The monoisotopic (exact) mass is 358 g/mol. The second-order valence-corrected chi connectivity index (χ2v) is 7.35. The Kier molecular flexibility index (Phi) is 3.12. The van der Waals surface area contributed by atoms with Gasteiger partial charge in [-0.2, -0.15) is 0 Å². The fraction of sp³-hybridized carbons (Fsp3) is 0.0385. The third-order valence-electron chi connectivity index (χ3n) is 5.72. The van der Waals surface area contributed by atoms with E-state index in [4.69, 9.17) is 4.98 Å². The maximum absolute atomic E-state index is 4.80. The van der Waals surface area contributed by atoms with Gasteiger partial charge >= 0.3 is 0 Å². The van der Waals surface area contributed by atoms with E-state index < -0.39 is 0 Å². The summed E-state index contributed by atoms with van der Waals surface area (Å²) in [5.41, 5.74) is 5.92. The summed E-state index contributed by atoms with van der Waals surface area (Å²) < 4.78 is 2.34. The summed E-state index contributed by atoms with van der Waals surface area (Å²) in [4.78, 5) is 4.80. The van der Waals surface area contributed by atoms with Crippen molar-refractivity contribution in [2.24, 2.45) is 0 Å². The topological polar surface area (TPSA) is 17.3 Å². The number of fused-ring (bicyclic) bond motifs is 8. The zero-order valence-corrected chi connectivity index (χ0v) is 15.6. The highest BCUT2D eigenvalue weighted by molar-refractivity contribution is 6.23. The summed E-state index contributed by atoms with van der Waals surface area (Å²) >= 11 is 0. The lowest BCUT2D eigenvalue weighted by Crippen LogP contribution is -1.96. The van der Waals surface area contributed by atoms with Crippen LogP contribution in [0.1, 0.15) is 5.56 Å². The van der Waals surface area contributed by atoms with Crippen LogP contribution in [0.5, 0.6) is 0 Å². The zero-order chi connectivity index (χ0) is 18.7. The summed E-state index contributed by atoms with van der Waals surface area (Å²) in [6, 6.07) is 30.2. The average Bonchev–Trinajstić information content (AvgIpc) is 3.11. The van der Waals surface area contributed by atoms with E-state index in [0.29, 0.717) is 0 Å². The van der Waals surface area contributed by atoms with Gasteiger partial charge in [-0.3, -0.25) is 4.40 Å². The number of aryl methyl sites for hydroxylation is 1. The van der Waals surface area contributed by atoms with Crippen molar-refractivity contribution in [3.8, 4) is 11.3 Å². The highest BCUT2D eigenvalue weighted by Gasteiger charge is 2.17. The van der Waals surface area contributed by atoms with Gasteiger partial charge in [0.2, 0.25) is 0 Å². The lowest BCUT2D eigenvalue weighted by Gasteiger charge is -2.13. The van der Waals surface area contributed by atoms with Crippen LogP contribution in [-0.4, -0.2) is 9.38 Å². The van der Waals surface area contributed by atoms with Crippen LogP contribution < -0.4 is 0 Å². The Morgan fingerprint density at radius 3 is 2.39 bits per heavy atom. The molecule has 0 bridgehead atoms. The lowest BCUT2D eigenvalue weighted by atomic mass is 9.99. The molecule has 132 valence electrons. The van der Waals surface area contributed by atoms with Crippen molar-refractivity contribution in [3.63, 3.8) is 0 Å². The summed E-state index contributed by atoms with van der Waals surface area (Å²) in [7, 11) is 0. The minimum Gasteiger partial charge on any atom is -0.293 e. The molecule has 0 unspecified atom stereocenters. The van der Waals surface area contributed by atoms with E-state index in [0.717, 1.165) is 5.65 Å². The molecule has 0 saturated heterocycles. The Hall–Kier alpha value is -3.65. The first-order valence-corrected chi connectivity index (χ1v) is 9.58. The second kappa shape index (κ2) is 5.67. The Morgan fingerprint density at radius 1 is 0.714 bits per heavy atom. The van der Waals surface area contributed by atoms with Crippen molar-refractivity contribution in [1.29, 1.82) is 0 Å². The second-order valence-electron chi connectivity index (χ2n) is 7.35. The zero-order valence-electron chi connectivity index (χ0n) is 15.6. The summed E-state index contributed by atoms with van der Waals surface area (Å²) in [6.45, 7) is 2.21. The Morgan fingerprint density at radius 2 is 1.50 bits per heavy atom.